The van der Waals surface area contributed by atoms with E-state index in [1.807, 2.05) is 0 Å². The monoisotopic (exact) mass is 277 g/mol. The van der Waals surface area contributed by atoms with Crippen LogP contribution < -0.4 is 16.4 Å². The molecule has 4 N–H and O–H groups in total. The van der Waals surface area contributed by atoms with Crippen molar-refractivity contribution in [3.8, 4) is 0 Å². The molecule has 0 fully saturated rings. The molecule has 0 amide bonds. The van der Waals surface area contributed by atoms with E-state index < -0.39 is 0 Å². The summed E-state index contributed by atoms with van der Waals surface area (Å²) in [5, 5.41) is 7.04. The summed E-state index contributed by atoms with van der Waals surface area (Å²) in [5.41, 5.74) is 8.35. The molecule has 1 aromatic rings. The SMILES string of the molecule is CCc1ccccc1C(C)NCCCCNCCCN. The number of nitrogens with two attached hydrogens (primary N) is 1. The number of rotatable bonds is 11. The molecule has 0 heterocycles. The van der Waals surface area contributed by atoms with Crippen LogP contribution in [0.2, 0.25) is 0 Å². The first-order chi connectivity index (χ1) is 9.79. The quantitative estimate of drug-likeness (QED) is 0.545. The zero-order chi connectivity index (χ0) is 14.6. The van der Waals surface area contributed by atoms with Gasteiger partial charge in [0, 0.05) is 6.04 Å². The van der Waals surface area contributed by atoms with Gasteiger partial charge in [0.2, 0.25) is 0 Å². The molecule has 1 rings (SSSR count). The van der Waals surface area contributed by atoms with E-state index >= 15 is 0 Å². The molecule has 20 heavy (non-hydrogen) atoms. The minimum Gasteiger partial charge on any atom is -0.330 e. The number of unbranched alkanes of at least 4 members (excludes halogenated alkanes) is 1. The van der Waals surface area contributed by atoms with Gasteiger partial charge in [0.05, 0.1) is 0 Å². The van der Waals surface area contributed by atoms with Gasteiger partial charge < -0.3 is 16.4 Å². The Morgan fingerprint density at radius 2 is 1.75 bits per heavy atom. The highest BCUT2D eigenvalue weighted by Gasteiger charge is 2.07. The second kappa shape index (κ2) is 10.8. The lowest BCUT2D eigenvalue weighted by atomic mass is 9.99. The lowest BCUT2D eigenvalue weighted by molar-refractivity contribution is 0.529. The highest BCUT2D eigenvalue weighted by atomic mass is 14.9. The lowest BCUT2D eigenvalue weighted by Gasteiger charge is -2.17. The van der Waals surface area contributed by atoms with Crippen LogP contribution in [0.15, 0.2) is 24.3 Å². The molecule has 0 radical (unpaired) electrons. The van der Waals surface area contributed by atoms with Gasteiger partial charge in [0.1, 0.15) is 0 Å². The van der Waals surface area contributed by atoms with Crippen LogP contribution in [0, 0.1) is 0 Å². The van der Waals surface area contributed by atoms with Gasteiger partial charge >= 0.3 is 0 Å². The Hall–Kier alpha value is -0.900. The highest BCUT2D eigenvalue weighted by Crippen LogP contribution is 2.17. The molecule has 0 aromatic heterocycles. The first-order valence-electron chi connectivity index (χ1n) is 8.01. The van der Waals surface area contributed by atoms with Gasteiger partial charge in [-0.1, -0.05) is 31.2 Å². The predicted molar refractivity (Wildman–Crippen MR) is 88.0 cm³/mol. The molecule has 0 saturated heterocycles. The first kappa shape index (κ1) is 17.2. The van der Waals surface area contributed by atoms with Crippen LogP contribution in [-0.2, 0) is 6.42 Å². The highest BCUT2D eigenvalue weighted by molar-refractivity contribution is 5.29. The van der Waals surface area contributed by atoms with E-state index in [9.17, 15) is 0 Å². The summed E-state index contributed by atoms with van der Waals surface area (Å²) in [4.78, 5) is 0. The molecule has 3 heteroatoms. The summed E-state index contributed by atoms with van der Waals surface area (Å²) in [7, 11) is 0. The summed E-state index contributed by atoms with van der Waals surface area (Å²) in [6.07, 6.45) is 4.62. The smallest absolute Gasteiger partial charge is 0.0294 e. The van der Waals surface area contributed by atoms with Crippen molar-refractivity contribution in [1.82, 2.24) is 10.6 Å². The van der Waals surface area contributed by atoms with Crippen LogP contribution in [0.4, 0.5) is 0 Å². The Morgan fingerprint density at radius 3 is 2.50 bits per heavy atom. The fraction of sp³-hybridized carbons (Fsp3) is 0.647. The number of hydrogen-bond donors (Lipinski definition) is 3. The van der Waals surface area contributed by atoms with E-state index in [0.29, 0.717) is 6.04 Å². The van der Waals surface area contributed by atoms with Crippen LogP contribution in [-0.4, -0.2) is 26.2 Å². The van der Waals surface area contributed by atoms with Gasteiger partial charge in [-0.2, -0.15) is 0 Å². The average Bonchev–Trinajstić information content (AvgIpc) is 2.49. The standard InChI is InChI=1S/C17H31N3/c1-3-16-9-4-5-10-17(16)15(2)20-14-7-6-12-19-13-8-11-18/h4-5,9-10,15,19-20H,3,6-8,11-14,18H2,1-2H3. The topological polar surface area (TPSA) is 50.1 Å². The lowest BCUT2D eigenvalue weighted by Crippen LogP contribution is -2.23. The van der Waals surface area contributed by atoms with Crippen molar-refractivity contribution in [3.05, 3.63) is 35.4 Å². The first-order valence-corrected chi connectivity index (χ1v) is 8.01. The van der Waals surface area contributed by atoms with Crippen molar-refractivity contribution < 1.29 is 0 Å². The van der Waals surface area contributed by atoms with E-state index in [2.05, 4.69) is 48.7 Å². The minimum atomic E-state index is 0.441. The summed E-state index contributed by atoms with van der Waals surface area (Å²) in [6, 6.07) is 9.17. The van der Waals surface area contributed by atoms with Gasteiger partial charge in [-0.15, -0.1) is 0 Å². The number of hydrogen-bond acceptors (Lipinski definition) is 3. The Morgan fingerprint density at radius 1 is 1.05 bits per heavy atom. The normalized spacial score (nSPS) is 12.6. The molecule has 1 unspecified atom stereocenters. The average molecular weight is 277 g/mol. The number of aryl methyl sites for hydroxylation is 1. The maximum absolute atomic E-state index is 5.45. The largest absolute Gasteiger partial charge is 0.330 e. The van der Waals surface area contributed by atoms with E-state index in [1.165, 1.54) is 24.0 Å². The van der Waals surface area contributed by atoms with Gasteiger partial charge in [0.15, 0.2) is 0 Å². The maximum Gasteiger partial charge on any atom is 0.0294 e. The Kier molecular flexibility index (Phi) is 9.29. The van der Waals surface area contributed by atoms with Crippen molar-refractivity contribution in [2.75, 3.05) is 26.2 Å². The minimum absolute atomic E-state index is 0.441. The fourth-order valence-electron chi connectivity index (χ4n) is 2.43. The second-order valence-electron chi connectivity index (χ2n) is 5.33. The third kappa shape index (κ3) is 6.51. The van der Waals surface area contributed by atoms with E-state index in [-0.39, 0.29) is 0 Å². The summed E-state index contributed by atoms with van der Waals surface area (Å²) >= 11 is 0. The summed E-state index contributed by atoms with van der Waals surface area (Å²) < 4.78 is 0. The molecule has 3 nitrogen and oxygen atoms in total. The van der Waals surface area contributed by atoms with Gasteiger partial charge in [0.25, 0.3) is 0 Å². The van der Waals surface area contributed by atoms with Crippen molar-refractivity contribution in [1.29, 1.82) is 0 Å². The molecule has 1 aromatic carbocycles. The van der Waals surface area contributed by atoms with Crippen LogP contribution in [0.5, 0.6) is 0 Å². The van der Waals surface area contributed by atoms with Crippen molar-refractivity contribution >= 4 is 0 Å². The molecular weight excluding hydrogens is 246 g/mol. The molecule has 0 aliphatic rings. The molecular formula is C17H31N3. The third-order valence-electron chi connectivity index (χ3n) is 3.69. The molecule has 0 aliphatic heterocycles. The van der Waals surface area contributed by atoms with Gasteiger partial charge in [-0.05, 0) is 69.9 Å². The zero-order valence-electron chi connectivity index (χ0n) is 13.1. The van der Waals surface area contributed by atoms with Gasteiger partial charge in [-0.3, -0.25) is 0 Å². The predicted octanol–water partition coefficient (Wildman–Crippen LogP) is 2.62. The molecule has 0 aliphatic carbocycles. The third-order valence-corrected chi connectivity index (χ3v) is 3.69. The summed E-state index contributed by atoms with van der Waals surface area (Å²) in [6.45, 7) is 8.49. The molecule has 0 bridgehead atoms. The van der Waals surface area contributed by atoms with Crippen molar-refractivity contribution in [3.63, 3.8) is 0 Å². The van der Waals surface area contributed by atoms with E-state index in [1.54, 1.807) is 0 Å². The number of nitrogens with one attached hydrogen (secondary N) is 2. The summed E-state index contributed by atoms with van der Waals surface area (Å²) in [5.74, 6) is 0. The van der Waals surface area contributed by atoms with Crippen LogP contribution >= 0.6 is 0 Å². The Balaban J connectivity index is 2.15. The Labute approximate surface area is 124 Å². The molecule has 1 atom stereocenters. The van der Waals surface area contributed by atoms with Crippen molar-refractivity contribution in [2.45, 2.75) is 45.6 Å². The van der Waals surface area contributed by atoms with Crippen molar-refractivity contribution in [2.24, 2.45) is 5.73 Å². The maximum atomic E-state index is 5.45. The Bertz CT molecular complexity index is 352. The second-order valence-corrected chi connectivity index (χ2v) is 5.33. The van der Waals surface area contributed by atoms with E-state index in [4.69, 9.17) is 5.73 Å². The fourth-order valence-corrected chi connectivity index (χ4v) is 2.43. The molecule has 0 saturated carbocycles. The van der Waals surface area contributed by atoms with Crippen LogP contribution in [0.3, 0.4) is 0 Å². The zero-order valence-corrected chi connectivity index (χ0v) is 13.1. The molecule has 114 valence electrons. The molecule has 0 spiro atoms. The van der Waals surface area contributed by atoms with Crippen LogP contribution in [0.25, 0.3) is 0 Å². The number of benzene rings is 1. The van der Waals surface area contributed by atoms with E-state index in [0.717, 1.165) is 39.0 Å². The van der Waals surface area contributed by atoms with Crippen LogP contribution in [0.1, 0.15) is 50.3 Å². The van der Waals surface area contributed by atoms with Gasteiger partial charge in [-0.25, -0.2) is 0 Å².